The van der Waals surface area contributed by atoms with E-state index in [0.29, 0.717) is 27.8 Å². The minimum atomic E-state index is 0.393. The zero-order chi connectivity index (χ0) is 14.7. The number of aryl methyl sites for hydroxylation is 1. The summed E-state index contributed by atoms with van der Waals surface area (Å²) in [5.74, 6) is 1.30. The molecule has 20 heavy (non-hydrogen) atoms. The molecule has 2 rings (SSSR count). The zero-order valence-corrected chi connectivity index (χ0v) is 12.3. The Hall–Kier alpha value is -2.00. The summed E-state index contributed by atoms with van der Waals surface area (Å²) in [7, 11) is 1.85. The molecule has 0 aliphatic heterocycles. The van der Waals surface area contributed by atoms with Crippen LogP contribution in [0.4, 0.5) is 5.69 Å². The Balaban J connectivity index is 2.35. The van der Waals surface area contributed by atoms with E-state index in [2.05, 4.69) is 18.8 Å². The molecule has 1 aromatic carbocycles. The smallest absolute Gasteiger partial charge is 0.149 e. The molecule has 3 nitrogen and oxygen atoms in total. The fourth-order valence-corrected chi connectivity index (χ4v) is 2.20. The van der Waals surface area contributed by atoms with E-state index in [1.54, 1.807) is 18.2 Å². The molecule has 1 aliphatic rings. The van der Waals surface area contributed by atoms with Crippen LogP contribution in [0.3, 0.4) is 0 Å². The molecule has 1 aliphatic carbocycles. The topological polar surface area (TPSA) is 45.1 Å². The fourth-order valence-electron chi connectivity index (χ4n) is 1.92. The van der Waals surface area contributed by atoms with Gasteiger partial charge in [-0.3, -0.25) is 0 Å². The van der Waals surface area contributed by atoms with Gasteiger partial charge in [-0.2, -0.15) is 0 Å². The van der Waals surface area contributed by atoms with Crippen LogP contribution in [0, 0.1) is 5.41 Å². The van der Waals surface area contributed by atoms with Crippen molar-refractivity contribution in [3.63, 3.8) is 0 Å². The van der Waals surface area contributed by atoms with Crippen molar-refractivity contribution in [2.75, 3.05) is 12.4 Å². The van der Waals surface area contributed by atoms with Crippen molar-refractivity contribution < 1.29 is 4.74 Å². The highest BCUT2D eigenvalue weighted by Gasteiger charge is 2.13. The molecule has 0 amide bonds. The van der Waals surface area contributed by atoms with Crippen LogP contribution >= 0.6 is 11.6 Å². The lowest BCUT2D eigenvalue weighted by Gasteiger charge is -2.16. The molecule has 104 valence electrons. The van der Waals surface area contributed by atoms with Crippen molar-refractivity contribution in [2.45, 2.75) is 13.3 Å². The number of halogens is 1. The van der Waals surface area contributed by atoms with Crippen LogP contribution in [0.25, 0.3) is 0 Å². The summed E-state index contributed by atoms with van der Waals surface area (Å²) in [5, 5.41) is 11.3. The van der Waals surface area contributed by atoms with Gasteiger partial charge in [0.15, 0.2) is 0 Å². The summed E-state index contributed by atoms with van der Waals surface area (Å²) < 4.78 is 5.88. The first kappa shape index (κ1) is 14.4. The highest BCUT2D eigenvalue weighted by Crippen LogP contribution is 2.34. The van der Waals surface area contributed by atoms with E-state index >= 15 is 0 Å². The van der Waals surface area contributed by atoms with E-state index in [4.69, 9.17) is 21.7 Å². The summed E-state index contributed by atoms with van der Waals surface area (Å²) in [5.41, 5.74) is 3.01. The minimum Gasteiger partial charge on any atom is -0.455 e. The lowest BCUT2D eigenvalue weighted by Crippen LogP contribution is -2.05. The van der Waals surface area contributed by atoms with Crippen LogP contribution in [0.15, 0.2) is 48.3 Å². The summed E-state index contributed by atoms with van der Waals surface area (Å²) in [4.78, 5) is 0. The molecule has 0 fully saturated rings. The SMILES string of the molecule is C=C1C=C(Oc2c(Cl)cc(NC)cc2CC)C=CC1=N. The molecule has 0 heterocycles. The molecule has 0 spiro atoms. The Morgan fingerprint density at radius 3 is 2.70 bits per heavy atom. The van der Waals surface area contributed by atoms with Crippen molar-refractivity contribution in [3.8, 4) is 5.75 Å². The highest BCUT2D eigenvalue weighted by molar-refractivity contribution is 6.32. The summed E-state index contributed by atoms with van der Waals surface area (Å²) in [6, 6.07) is 3.85. The molecule has 2 N–H and O–H groups in total. The average molecular weight is 289 g/mol. The minimum absolute atomic E-state index is 0.393. The maximum absolute atomic E-state index is 7.62. The maximum atomic E-state index is 7.62. The van der Waals surface area contributed by atoms with Gasteiger partial charge in [0.2, 0.25) is 0 Å². The number of allylic oxidation sites excluding steroid dienone is 4. The Bertz CT molecular complexity index is 630. The number of nitrogens with one attached hydrogen (secondary N) is 2. The number of benzene rings is 1. The van der Waals surface area contributed by atoms with Crippen LogP contribution < -0.4 is 10.1 Å². The summed E-state index contributed by atoms with van der Waals surface area (Å²) >= 11 is 6.30. The van der Waals surface area contributed by atoms with Crippen molar-refractivity contribution in [2.24, 2.45) is 0 Å². The van der Waals surface area contributed by atoms with Gasteiger partial charge < -0.3 is 15.5 Å². The Kier molecular flexibility index (Phi) is 4.30. The van der Waals surface area contributed by atoms with Gasteiger partial charge in [-0.15, -0.1) is 0 Å². The predicted molar refractivity (Wildman–Crippen MR) is 85.1 cm³/mol. The Morgan fingerprint density at radius 2 is 2.10 bits per heavy atom. The predicted octanol–water partition coefficient (Wildman–Crippen LogP) is 4.35. The molecule has 0 bridgehead atoms. The van der Waals surface area contributed by atoms with Gasteiger partial charge in [0.05, 0.1) is 10.7 Å². The molecule has 0 saturated carbocycles. The standard InChI is InChI=1S/C16H17ClN2O/c1-4-11-8-12(19-3)9-14(17)16(11)20-13-5-6-15(18)10(2)7-13/h5-9,18-19H,2,4H2,1,3H3. The van der Waals surface area contributed by atoms with Gasteiger partial charge in [0.1, 0.15) is 11.5 Å². The molecular weight excluding hydrogens is 272 g/mol. The molecule has 0 saturated heterocycles. The molecular formula is C16H17ClN2O. The van der Waals surface area contributed by atoms with Gasteiger partial charge >= 0.3 is 0 Å². The molecule has 0 unspecified atom stereocenters. The summed E-state index contributed by atoms with van der Waals surface area (Å²) in [6.07, 6.45) is 5.97. The second-order valence-electron chi connectivity index (χ2n) is 4.47. The second kappa shape index (κ2) is 5.97. The summed E-state index contributed by atoms with van der Waals surface area (Å²) in [6.45, 7) is 5.86. The zero-order valence-electron chi connectivity index (χ0n) is 11.6. The fraction of sp³-hybridized carbons (Fsp3) is 0.188. The van der Waals surface area contributed by atoms with Gasteiger partial charge in [0, 0.05) is 12.7 Å². The van der Waals surface area contributed by atoms with Crippen LogP contribution in [-0.4, -0.2) is 12.8 Å². The second-order valence-corrected chi connectivity index (χ2v) is 4.88. The van der Waals surface area contributed by atoms with E-state index in [1.165, 1.54) is 0 Å². The molecule has 4 heteroatoms. The number of hydrogen-bond acceptors (Lipinski definition) is 3. The number of ether oxygens (including phenoxy) is 1. The van der Waals surface area contributed by atoms with E-state index in [0.717, 1.165) is 17.7 Å². The van der Waals surface area contributed by atoms with E-state index in [9.17, 15) is 0 Å². The first-order valence-corrected chi connectivity index (χ1v) is 6.78. The van der Waals surface area contributed by atoms with Crippen LogP contribution in [0.1, 0.15) is 12.5 Å². The van der Waals surface area contributed by atoms with Crippen LogP contribution in [0.5, 0.6) is 5.75 Å². The number of anilines is 1. The number of hydrogen-bond donors (Lipinski definition) is 2. The Morgan fingerprint density at radius 1 is 1.35 bits per heavy atom. The normalized spacial score (nSPS) is 14.2. The van der Waals surface area contributed by atoms with Crippen LogP contribution in [-0.2, 0) is 6.42 Å². The monoisotopic (exact) mass is 288 g/mol. The largest absolute Gasteiger partial charge is 0.455 e. The van der Waals surface area contributed by atoms with Crippen LogP contribution in [0.2, 0.25) is 5.02 Å². The quantitative estimate of drug-likeness (QED) is 0.865. The first-order valence-electron chi connectivity index (χ1n) is 6.40. The van der Waals surface area contributed by atoms with E-state index < -0.39 is 0 Å². The lowest BCUT2D eigenvalue weighted by molar-refractivity contribution is 0.439. The molecule has 0 aromatic heterocycles. The molecule has 0 atom stereocenters. The van der Waals surface area contributed by atoms with E-state index in [1.807, 2.05) is 19.2 Å². The van der Waals surface area contributed by atoms with Crippen molar-refractivity contribution in [1.29, 1.82) is 5.41 Å². The van der Waals surface area contributed by atoms with Crippen molar-refractivity contribution in [3.05, 3.63) is 58.9 Å². The maximum Gasteiger partial charge on any atom is 0.149 e. The van der Waals surface area contributed by atoms with Gasteiger partial charge in [0.25, 0.3) is 0 Å². The van der Waals surface area contributed by atoms with E-state index in [-0.39, 0.29) is 0 Å². The van der Waals surface area contributed by atoms with Gasteiger partial charge in [-0.1, -0.05) is 25.1 Å². The molecule has 0 radical (unpaired) electrons. The van der Waals surface area contributed by atoms with Gasteiger partial charge in [-0.25, -0.2) is 0 Å². The third kappa shape index (κ3) is 2.94. The third-order valence-corrected chi connectivity index (χ3v) is 3.37. The van der Waals surface area contributed by atoms with Crippen molar-refractivity contribution >= 4 is 23.0 Å². The highest BCUT2D eigenvalue weighted by atomic mass is 35.5. The number of rotatable bonds is 4. The van der Waals surface area contributed by atoms with Gasteiger partial charge in [-0.05, 0) is 47.9 Å². The third-order valence-electron chi connectivity index (χ3n) is 3.09. The molecule has 1 aromatic rings. The van der Waals surface area contributed by atoms with Crippen molar-refractivity contribution in [1.82, 2.24) is 0 Å². The lowest BCUT2D eigenvalue weighted by atomic mass is 10.1. The Labute approximate surface area is 124 Å². The average Bonchev–Trinajstić information content (AvgIpc) is 2.44. The first-order chi connectivity index (χ1) is 9.55.